The van der Waals surface area contributed by atoms with E-state index in [1.807, 2.05) is 6.07 Å². The molecule has 1 aliphatic heterocycles. The van der Waals surface area contributed by atoms with Crippen molar-refractivity contribution in [2.24, 2.45) is 11.7 Å². The minimum absolute atomic E-state index is 0.0350. The summed E-state index contributed by atoms with van der Waals surface area (Å²) >= 11 is 6.34. The van der Waals surface area contributed by atoms with Crippen molar-refractivity contribution in [3.63, 3.8) is 0 Å². The van der Waals surface area contributed by atoms with E-state index in [1.54, 1.807) is 13.1 Å². The number of nitrogens with zero attached hydrogens (tertiary/aromatic N) is 2. The van der Waals surface area contributed by atoms with Crippen LogP contribution in [-0.4, -0.2) is 30.5 Å². The van der Waals surface area contributed by atoms with Gasteiger partial charge in [0, 0.05) is 39.3 Å². The Bertz CT molecular complexity index is 472. The second kappa shape index (κ2) is 6.90. The zero-order chi connectivity index (χ0) is 14.5. The van der Waals surface area contributed by atoms with Gasteiger partial charge in [0.15, 0.2) is 0 Å². The first-order chi connectivity index (χ1) is 9.61. The number of hydrogen-bond acceptors (Lipinski definition) is 4. The topological polar surface area (TPSA) is 71.2 Å². The summed E-state index contributed by atoms with van der Waals surface area (Å²) in [6.07, 6.45) is 3.82. The number of carbonyl (C=O) groups excluding carboxylic acids is 1. The van der Waals surface area contributed by atoms with Crippen molar-refractivity contribution >= 4 is 23.3 Å². The number of amides is 1. The molecular formula is C14H21ClN4O. The molecule has 6 heteroatoms. The molecule has 1 aromatic heterocycles. The zero-order valence-corrected chi connectivity index (χ0v) is 12.5. The van der Waals surface area contributed by atoms with Gasteiger partial charge in [-0.1, -0.05) is 11.6 Å². The van der Waals surface area contributed by atoms with Crippen LogP contribution in [0.25, 0.3) is 0 Å². The molecule has 20 heavy (non-hydrogen) atoms. The van der Waals surface area contributed by atoms with Crippen molar-refractivity contribution in [3.05, 3.63) is 22.8 Å². The molecule has 0 radical (unpaired) electrons. The molecule has 0 saturated carbocycles. The van der Waals surface area contributed by atoms with E-state index in [0.29, 0.717) is 17.5 Å². The van der Waals surface area contributed by atoms with E-state index in [-0.39, 0.29) is 5.91 Å². The maximum absolute atomic E-state index is 10.9. The smallest absolute Gasteiger partial charge is 0.216 e. The Balaban J connectivity index is 1.95. The lowest BCUT2D eigenvalue weighted by Gasteiger charge is -2.33. The molecule has 0 bridgehead atoms. The maximum atomic E-state index is 10.9. The average molecular weight is 297 g/mol. The van der Waals surface area contributed by atoms with Gasteiger partial charge in [0.2, 0.25) is 5.91 Å². The summed E-state index contributed by atoms with van der Waals surface area (Å²) in [6.45, 7) is 4.55. The van der Waals surface area contributed by atoms with E-state index in [9.17, 15) is 4.79 Å². The Morgan fingerprint density at radius 3 is 2.85 bits per heavy atom. The first-order valence-electron chi connectivity index (χ1n) is 6.94. The lowest BCUT2D eigenvalue weighted by atomic mass is 9.96. The number of hydrogen-bond donors (Lipinski definition) is 2. The van der Waals surface area contributed by atoms with Crippen molar-refractivity contribution in [2.45, 2.75) is 26.3 Å². The molecule has 0 atom stereocenters. The number of halogens is 1. The zero-order valence-electron chi connectivity index (χ0n) is 11.7. The highest BCUT2D eigenvalue weighted by molar-refractivity contribution is 6.33. The molecule has 1 aromatic rings. The van der Waals surface area contributed by atoms with E-state index in [0.717, 1.165) is 43.9 Å². The first-order valence-corrected chi connectivity index (χ1v) is 7.32. The van der Waals surface area contributed by atoms with Crippen LogP contribution >= 0.6 is 11.6 Å². The second-order valence-electron chi connectivity index (χ2n) is 5.18. The van der Waals surface area contributed by atoms with Crippen LogP contribution in [-0.2, 0) is 11.3 Å². The van der Waals surface area contributed by atoms with Crippen molar-refractivity contribution in [1.82, 2.24) is 10.3 Å². The van der Waals surface area contributed by atoms with Crippen molar-refractivity contribution < 1.29 is 4.79 Å². The van der Waals surface area contributed by atoms with E-state index in [4.69, 9.17) is 17.3 Å². The molecule has 110 valence electrons. The highest BCUT2D eigenvalue weighted by Crippen LogP contribution is 2.29. The van der Waals surface area contributed by atoms with Crippen LogP contribution in [0.15, 0.2) is 12.3 Å². The quantitative estimate of drug-likeness (QED) is 0.884. The molecule has 5 nitrogen and oxygen atoms in total. The average Bonchev–Trinajstić information content (AvgIpc) is 2.46. The van der Waals surface area contributed by atoms with Gasteiger partial charge in [-0.3, -0.25) is 4.79 Å². The fourth-order valence-corrected chi connectivity index (χ4v) is 2.79. The third kappa shape index (κ3) is 3.61. The predicted octanol–water partition coefficient (Wildman–Crippen LogP) is 1.55. The summed E-state index contributed by atoms with van der Waals surface area (Å²) in [4.78, 5) is 17.5. The van der Waals surface area contributed by atoms with Gasteiger partial charge in [0.1, 0.15) is 5.82 Å². The third-order valence-electron chi connectivity index (χ3n) is 3.72. The number of piperidine rings is 1. The molecule has 1 amide bonds. The Labute approximate surface area is 124 Å². The number of aromatic nitrogens is 1. The molecule has 1 aliphatic rings. The molecule has 0 aliphatic carbocycles. The maximum Gasteiger partial charge on any atom is 0.216 e. The van der Waals surface area contributed by atoms with Gasteiger partial charge in [0.05, 0.1) is 5.02 Å². The standard InChI is InChI=1S/C14H21ClN4O/c1-10(20)18-9-11-3-6-19(7-4-11)14-13(15)12(8-16)2-5-17-14/h2,5,11H,3-4,6-9,16H2,1H3,(H,18,20). The Kier molecular flexibility index (Phi) is 5.20. The van der Waals surface area contributed by atoms with Crippen molar-refractivity contribution in [2.75, 3.05) is 24.5 Å². The number of carbonyl (C=O) groups is 1. The number of nitrogens with one attached hydrogen (secondary N) is 1. The van der Waals surface area contributed by atoms with Crippen LogP contribution < -0.4 is 16.0 Å². The van der Waals surface area contributed by atoms with Crippen LogP contribution in [0.1, 0.15) is 25.3 Å². The highest BCUT2D eigenvalue weighted by Gasteiger charge is 2.22. The summed E-state index contributed by atoms with van der Waals surface area (Å²) in [5, 5.41) is 3.55. The van der Waals surface area contributed by atoms with Crippen LogP contribution in [0, 0.1) is 5.92 Å². The van der Waals surface area contributed by atoms with Gasteiger partial charge in [-0.05, 0) is 30.4 Å². The Morgan fingerprint density at radius 2 is 2.25 bits per heavy atom. The number of nitrogens with two attached hydrogens (primary N) is 1. The van der Waals surface area contributed by atoms with E-state index in [1.165, 1.54) is 0 Å². The van der Waals surface area contributed by atoms with Crippen LogP contribution in [0.4, 0.5) is 5.82 Å². The largest absolute Gasteiger partial charge is 0.356 e. The minimum atomic E-state index is 0.0350. The van der Waals surface area contributed by atoms with Gasteiger partial charge in [0.25, 0.3) is 0 Å². The molecule has 0 unspecified atom stereocenters. The normalized spacial score (nSPS) is 16.2. The summed E-state index contributed by atoms with van der Waals surface area (Å²) in [5.74, 6) is 1.40. The summed E-state index contributed by atoms with van der Waals surface area (Å²) in [7, 11) is 0. The lowest BCUT2D eigenvalue weighted by Crippen LogP contribution is -2.38. The van der Waals surface area contributed by atoms with Crippen molar-refractivity contribution in [1.29, 1.82) is 0 Å². The van der Waals surface area contributed by atoms with E-state index < -0.39 is 0 Å². The monoisotopic (exact) mass is 296 g/mol. The summed E-state index contributed by atoms with van der Waals surface area (Å²) < 4.78 is 0. The highest BCUT2D eigenvalue weighted by atomic mass is 35.5. The predicted molar refractivity (Wildman–Crippen MR) is 80.8 cm³/mol. The number of pyridine rings is 1. The van der Waals surface area contributed by atoms with Gasteiger partial charge >= 0.3 is 0 Å². The van der Waals surface area contributed by atoms with Crippen LogP contribution in [0.2, 0.25) is 5.02 Å². The molecule has 2 rings (SSSR count). The SMILES string of the molecule is CC(=O)NCC1CCN(c2nccc(CN)c2Cl)CC1. The molecular weight excluding hydrogens is 276 g/mol. The summed E-state index contributed by atoms with van der Waals surface area (Å²) in [5.41, 5.74) is 6.60. The van der Waals surface area contributed by atoms with Gasteiger partial charge in [-0.2, -0.15) is 0 Å². The fourth-order valence-electron chi connectivity index (χ4n) is 2.49. The minimum Gasteiger partial charge on any atom is -0.356 e. The summed E-state index contributed by atoms with van der Waals surface area (Å²) in [6, 6.07) is 1.86. The first kappa shape index (κ1) is 15.1. The molecule has 2 heterocycles. The van der Waals surface area contributed by atoms with Gasteiger partial charge < -0.3 is 16.0 Å². The Morgan fingerprint density at radius 1 is 1.55 bits per heavy atom. The lowest BCUT2D eigenvalue weighted by molar-refractivity contribution is -0.119. The molecule has 1 saturated heterocycles. The number of anilines is 1. The molecule has 1 fully saturated rings. The second-order valence-corrected chi connectivity index (χ2v) is 5.56. The van der Waals surface area contributed by atoms with Crippen molar-refractivity contribution in [3.8, 4) is 0 Å². The fraction of sp³-hybridized carbons (Fsp3) is 0.571. The van der Waals surface area contributed by atoms with Crippen LogP contribution in [0.5, 0.6) is 0 Å². The third-order valence-corrected chi connectivity index (χ3v) is 4.14. The van der Waals surface area contributed by atoms with E-state index in [2.05, 4.69) is 15.2 Å². The Hall–Kier alpha value is -1.33. The van der Waals surface area contributed by atoms with E-state index >= 15 is 0 Å². The van der Waals surface area contributed by atoms with Gasteiger partial charge in [-0.25, -0.2) is 4.98 Å². The van der Waals surface area contributed by atoms with Gasteiger partial charge in [-0.15, -0.1) is 0 Å². The molecule has 3 N–H and O–H groups in total. The number of rotatable bonds is 4. The van der Waals surface area contributed by atoms with Crippen LogP contribution in [0.3, 0.4) is 0 Å². The molecule has 0 aromatic carbocycles. The molecule has 0 spiro atoms.